The van der Waals surface area contributed by atoms with Gasteiger partial charge in [0.05, 0.1) is 10.9 Å². The Bertz CT molecular complexity index is 840. The average Bonchev–Trinajstić information content (AvgIpc) is 3.19. The highest BCUT2D eigenvalue weighted by Gasteiger charge is 2.28. The second kappa shape index (κ2) is 7.08. The fraction of sp³-hybridized carbons (Fsp3) is 0. The van der Waals surface area contributed by atoms with Gasteiger partial charge in [-0.05, 0) is 65.5 Å². The van der Waals surface area contributed by atoms with Crippen molar-refractivity contribution in [1.82, 2.24) is 0 Å². The molecule has 4 rings (SSSR count). The van der Waals surface area contributed by atoms with Gasteiger partial charge >= 0.3 is 0 Å². The molecule has 0 nitrogen and oxygen atoms in total. The second-order valence-electron chi connectivity index (χ2n) is 5.43. The monoisotopic (exact) mass is 345 g/mol. The molecule has 0 aliphatic heterocycles. The summed E-state index contributed by atoms with van der Waals surface area (Å²) in [5, 5.41) is 2.13. The molecule has 0 amide bonds. The van der Waals surface area contributed by atoms with Gasteiger partial charge in [-0.2, -0.15) is 0 Å². The number of thiophene rings is 1. The third-order valence-electron chi connectivity index (χ3n) is 3.85. The van der Waals surface area contributed by atoms with Crippen molar-refractivity contribution in [2.45, 2.75) is 14.7 Å². The van der Waals surface area contributed by atoms with Gasteiger partial charge in [0.15, 0.2) is 14.7 Å². The molecule has 4 aromatic rings. The average molecular weight is 346 g/mol. The molecule has 0 spiro atoms. The van der Waals surface area contributed by atoms with Crippen LogP contribution in [0.25, 0.3) is 10.4 Å². The molecular formula is C22H17S2+. The molecule has 116 valence electrons. The molecule has 1 aromatic heterocycles. The standard InChI is InChI=1S/C22H17S2/c1-3-8-19(9-4-1)24(20-10-5-2-6-11-20)21-15-13-18(14-16-21)22-12-7-17-23-22/h1-17H/q+1. The van der Waals surface area contributed by atoms with Crippen molar-refractivity contribution in [3.05, 3.63) is 102 Å². The molecule has 0 bridgehead atoms. The maximum absolute atomic E-state index is 2.28. The Labute approximate surface area is 149 Å². The highest BCUT2D eigenvalue weighted by Crippen LogP contribution is 2.33. The Kier molecular flexibility index (Phi) is 4.50. The van der Waals surface area contributed by atoms with Gasteiger partial charge in [0, 0.05) is 4.88 Å². The zero-order valence-corrected chi connectivity index (χ0v) is 14.8. The lowest BCUT2D eigenvalue weighted by atomic mass is 10.2. The molecule has 2 heteroatoms. The lowest BCUT2D eigenvalue weighted by molar-refractivity contribution is 1.32. The Morgan fingerprint density at radius 2 is 1.04 bits per heavy atom. The van der Waals surface area contributed by atoms with Gasteiger partial charge in [-0.1, -0.05) is 42.5 Å². The second-order valence-corrected chi connectivity index (χ2v) is 8.41. The van der Waals surface area contributed by atoms with E-state index in [1.165, 1.54) is 25.1 Å². The van der Waals surface area contributed by atoms with E-state index in [0.29, 0.717) is 0 Å². The maximum atomic E-state index is 2.28. The van der Waals surface area contributed by atoms with Gasteiger partial charge < -0.3 is 0 Å². The molecule has 0 N–H and O–H groups in total. The van der Waals surface area contributed by atoms with Crippen LogP contribution in [0.3, 0.4) is 0 Å². The highest BCUT2D eigenvalue weighted by atomic mass is 32.2. The SMILES string of the molecule is c1ccc([S+](c2ccccc2)c2ccc(-c3cccs3)cc2)cc1. The van der Waals surface area contributed by atoms with Crippen LogP contribution in [0.5, 0.6) is 0 Å². The van der Waals surface area contributed by atoms with Gasteiger partial charge in [0.25, 0.3) is 0 Å². The van der Waals surface area contributed by atoms with E-state index >= 15 is 0 Å². The summed E-state index contributed by atoms with van der Waals surface area (Å²) in [6.45, 7) is 0. The summed E-state index contributed by atoms with van der Waals surface area (Å²) in [6, 6.07) is 34.9. The predicted octanol–water partition coefficient (Wildman–Crippen LogP) is 6.51. The van der Waals surface area contributed by atoms with Crippen molar-refractivity contribution in [2.75, 3.05) is 0 Å². The number of benzene rings is 3. The molecule has 1 heterocycles. The van der Waals surface area contributed by atoms with Crippen LogP contribution in [-0.2, 0) is 10.9 Å². The molecule has 0 saturated carbocycles. The molecule has 0 radical (unpaired) electrons. The Balaban J connectivity index is 1.77. The van der Waals surface area contributed by atoms with Gasteiger partial charge in [0.2, 0.25) is 0 Å². The van der Waals surface area contributed by atoms with Crippen molar-refractivity contribution >= 4 is 22.2 Å². The number of hydrogen-bond acceptors (Lipinski definition) is 1. The third kappa shape index (κ3) is 3.16. The van der Waals surface area contributed by atoms with Crippen LogP contribution in [0.1, 0.15) is 0 Å². The van der Waals surface area contributed by atoms with E-state index in [4.69, 9.17) is 0 Å². The van der Waals surface area contributed by atoms with Crippen molar-refractivity contribution < 1.29 is 0 Å². The summed E-state index contributed by atoms with van der Waals surface area (Å²) in [5.41, 5.74) is 1.29. The fourth-order valence-electron chi connectivity index (χ4n) is 2.72. The molecule has 0 saturated heterocycles. The van der Waals surface area contributed by atoms with Crippen molar-refractivity contribution in [2.24, 2.45) is 0 Å². The highest BCUT2D eigenvalue weighted by molar-refractivity contribution is 7.97. The molecule has 24 heavy (non-hydrogen) atoms. The zero-order valence-electron chi connectivity index (χ0n) is 13.1. The molecule has 0 aliphatic rings. The normalized spacial score (nSPS) is 10.9. The molecule has 0 fully saturated rings. The number of rotatable bonds is 4. The van der Waals surface area contributed by atoms with E-state index in [2.05, 4.69) is 102 Å². The van der Waals surface area contributed by atoms with Crippen LogP contribution in [0, 0.1) is 0 Å². The Morgan fingerprint density at radius 3 is 1.54 bits per heavy atom. The van der Waals surface area contributed by atoms with E-state index in [0.717, 1.165) is 0 Å². The first-order valence-electron chi connectivity index (χ1n) is 7.90. The molecule has 0 unspecified atom stereocenters. The summed E-state index contributed by atoms with van der Waals surface area (Å²) < 4.78 is 0. The van der Waals surface area contributed by atoms with E-state index in [1.54, 1.807) is 11.3 Å². The Hall–Kier alpha value is -2.29. The Morgan fingerprint density at radius 1 is 0.500 bits per heavy atom. The maximum Gasteiger partial charge on any atom is 0.166 e. The molecule has 0 aliphatic carbocycles. The van der Waals surface area contributed by atoms with Crippen molar-refractivity contribution in [3.8, 4) is 10.4 Å². The molecule has 0 atom stereocenters. The van der Waals surface area contributed by atoms with Crippen LogP contribution in [-0.4, -0.2) is 0 Å². The molecule has 3 aromatic carbocycles. The summed E-state index contributed by atoms with van der Waals surface area (Å²) in [7, 11) is -0.0663. The predicted molar refractivity (Wildman–Crippen MR) is 105 cm³/mol. The minimum absolute atomic E-state index is 0.0663. The first-order valence-corrected chi connectivity index (χ1v) is 10.0. The van der Waals surface area contributed by atoms with Crippen molar-refractivity contribution in [3.63, 3.8) is 0 Å². The van der Waals surface area contributed by atoms with E-state index < -0.39 is 0 Å². The summed E-state index contributed by atoms with van der Waals surface area (Å²) in [5.74, 6) is 0. The minimum Gasteiger partial charge on any atom is -0.144 e. The summed E-state index contributed by atoms with van der Waals surface area (Å²) >= 11 is 1.79. The quantitative estimate of drug-likeness (QED) is 0.370. The van der Waals surface area contributed by atoms with Gasteiger partial charge in [-0.3, -0.25) is 0 Å². The van der Waals surface area contributed by atoms with Crippen LogP contribution in [0.4, 0.5) is 0 Å². The summed E-state index contributed by atoms with van der Waals surface area (Å²) in [4.78, 5) is 5.38. The fourth-order valence-corrected chi connectivity index (χ4v) is 5.54. The van der Waals surface area contributed by atoms with E-state index in [9.17, 15) is 0 Å². The zero-order chi connectivity index (χ0) is 16.2. The smallest absolute Gasteiger partial charge is 0.144 e. The van der Waals surface area contributed by atoms with Gasteiger partial charge in [-0.25, -0.2) is 0 Å². The first-order chi connectivity index (χ1) is 11.9. The van der Waals surface area contributed by atoms with Crippen LogP contribution < -0.4 is 0 Å². The van der Waals surface area contributed by atoms with E-state index in [-0.39, 0.29) is 10.9 Å². The lowest BCUT2D eigenvalue weighted by Crippen LogP contribution is -2.04. The van der Waals surface area contributed by atoms with Crippen molar-refractivity contribution in [1.29, 1.82) is 0 Å². The lowest BCUT2D eigenvalue weighted by Gasteiger charge is -2.08. The minimum atomic E-state index is -0.0663. The van der Waals surface area contributed by atoms with Crippen LogP contribution in [0.2, 0.25) is 0 Å². The first kappa shape index (κ1) is 15.3. The van der Waals surface area contributed by atoms with Crippen LogP contribution in [0.15, 0.2) is 117 Å². The van der Waals surface area contributed by atoms with E-state index in [1.807, 2.05) is 0 Å². The summed E-state index contributed by atoms with van der Waals surface area (Å²) in [6.07, 6.45) is 0. The van der Waals surface area contributed by atoms with Gasteiger partial charge in [0.1, 0.15) is 0 Å². The third-order valence-corrected chi connectivity index (χ3v) is 7.00. The topological polar surface area (TPSA) is 0 Å². The van der Waals surface area contributed by atoms with Gasteiger partial charge in [-0.15, -0.1) is 11.3 Å². The number of hydrogen-bond donors (Lipinski definition) is 0. The van der Waals surface area contributed by atoms with Crippen LogP contribution >= 0.6 is 11.3 Å². The largest absolute Gasteiger partial charge is 0.166 e. The molecular weight excluding hydrogens is 328 g/mol.